The van der Waals surface area contributed by atoms with E-state index >= 15 is 0 Å². The van der Waals surface area contributed by atoms with Gasteiger partial charge in [-0.3, -0.25) is 9.36 Å². The molecule has 1 fully saturated rings. The van der Waals surface area contributed by atoms with Gasteiger partial charge >= 0.3 is 5.69 Å². The zero-order valence-electron chi connectivity index (χ0n) is 20.8. The molecule has 0 amide bonds. The first-order valence-electron chi connectivity index (χ1n) is 11.4. The fourth-order valence-corrected chi connectivity index (χ4v) is 4.92. The van der Waals surface area contributed by atoms with Crippen LogP contribution in [-0.4, -0.2) is 48.5 Å². The average Bonchev–Trinajstić information content (AvgIpc) is 3.17. The quantitative estimate of drug-likeness (QED) is 0.537. The predicted molar refractivity (Wildman–Crippen MR) is 130 cm³/mol. The standard InChI is InChI=1S/C24H36N2O7Si/c1-24(2,3)34(5,6)33-19-13-22(32-20(19)14-27)25-12-11-21(28)26(23(25)29)16-31-15-17-7-9-18(30-4)10-8-17/h7-12,19-20,22,27H,13-16H2,1-6H3/t19-,20+,22+/m0/s1. The van der Waals surface area contributed by atoms with E-state index in [9.17, 15) is 14.7 Å². The molecule has 3 rings (SSSR count). The van der Waals surface area contributed by atoms with Gasteiger partial charge < -0.3 is 23.7 Å². The van der Waals surface area contributed by atoms with Gasteiger partial charge in [0.2, 0.25) is 0 Å². The SMILES string of the molecule is COc1ccc(COCn2c(=O)ccn([C@H]3C[C@H](O[Si](C)(C)C(C)(C)C)[C@@H](CO)O3)c2=O)cc1. The number of rotatable bonds is 9. The Hall–Kier alpha value is -2.24. The van der Waals surface area contributed by atoms with E-state index in [4.69, 9.17) is 18.6 Å². The molecule has 1 aliphatic rings. The lowest BCUT2D eigenvalue weighted by molar-refractivity contribution is -0.0451. The topological polar surface area (TPSA) is 101 Å². The number of nitrogens with zero attached hydrogens (tertiary/aromatic N) is 2. The fourth-order valence-electron chi connectivity index (χ4n) is 3.56. The second-order valence-corrected chi connectivity index (χ2v) is 14.8. The van der Waals surface area contributed by atoms with Gasteiger partial charge in [-0.15, -0.1) is 0 Å². The number of aromatic nitrogens is 2. The summed E-state index contributed by atoms with van der Waals surface area (Å²) in [5.74, 6) is 0.736. The Kier molecular flexibility index (Phi) is 8.20. The van der Waals surface area contributed by atoms with Crippen LogP contribution >= 0.6 is 0 Å². The van der Waals surface area contributed by atoms with E-state index in [0.29, 0.717) is 6.42 Å². The maximum absolute atomic E-state index is 13.1. The average molecular weight is 493 g/mol. The summed E-state index contributed by atoms with van der Waals surface area (Å²) in [6, 6.07) is 8.66. The van der Waals surface area contributed by atoms with Crippen molar-refractivity contribution in [1.82, 2.24) is 9.13 Å². The lowest BCUT2D eigenvalue weighted by Crippen LogP contribution is -2.46. The van der Waals surface area contributed by atoms with E-state index in [1.54, 1.807) is 7.11 Å². The van der Waals surface area contributed by atoms with Gasteiger partial charge in [0, 0.05) is 18.7 Å². The summed E-state index contributed by atoms with van der Waals surface area (Å²) in [5.41, 5.74) is -0.0979. The number of hydrogen-bond acceptors (Lipinski definition) is 7. The molecule has 1 N–H and O–H groups in total. The van der Waals surface area contributed by atoms with E-state index in [1.165, 1.54) is 16.8 Å². The summed E-state index contributed by atoms with van der Waals surface area (Å²) >= 11 is 0. The number of aliphatic hydroxyl groups is 1. The highest BCUT2D eigenvalue weighted by Crippen LogP contribution is 2.40. The zero-order valence-corrected chi connectivity index (χ0v) is 21.8. The van der Waals surface area contributed by atoms with Gasteiger partial charge in [-0.05, 0) is 35.8 Å². The Morgan fingerprint density at radius 3 is 2.41 bits per heavy atom. The minimum Gasteiger partial charge on any atom is -0.497 e. The highest BCUT2D eigenvalue weighted by molar-refractivity contribution is 6.74. The van der Waals surface area contributed by atoms with Crippen LogP contribution in [0, 0.1) is 0 Å². The molecular formula is C24H36N2O7Si. The van der Waals surface area contributed by atoms with E-state index < -0.39 is 31.9 Å². The Morgan fingerprint density at radius 1 is 1.15 bits per heavy atom. The molecule has 2 aromatic rings. The van der Waals surface area contributed by atoms with Gasteiger partial charge in [0.25, 0.3) is 5.56 Å². The molecule has 1 saturated heterocycles. The molecule has 188 valence electrons. The second-order valence-electron chi connectivity index (χ2n) is 10.1. The summed E-state index contributed by atoms with van der Waals surface area (Å²) in [6.45, 7) is 10.5. The normalized spacial score (nSPS) is 21.1. The van der Waals surface area contributed by atoms with Gasteiger partial charge in [-0.2, -0.15) is 0 Å². The summed E-state index contributed by atoms with van der Waals surface area (Å²) in [4.78, 5) is 25.5. The summed E-state index contributed by atoms with van der Waals surface area (Å²) in [5, 5.41) is 9.86. The van der Waals surface area contributed by atoms with Gasteiger partial charge in [-0.1, -0.05) is 32.9 Å². The van der Waals surface area contributed by atoms with E-state index in [2.05, 4.69) is 33.9 Å². The summed E-state index contributed by atoms with van der Waals surface area (Å²) in [6.07, 6.45) is 0.307. The molecule has 0 radical (unpaired) electrons. The summed E-state index contributed by atoms with van der Waals surface area (Å²) in [7, 11) is -0.515. The van der Waals surface area contributed by atoms with Crippen LogP contribution in [0.4, 0.5) is 0 Å². The molecule has 3 atom stereocenters. The van der Waals surface area contributed by atoms with Crippen molar-refractivity contribution in [2.75, 3.05) is 13.7 Å². The monoisotopic (exact) mass is 492 g/mol. The minimum atomic E-state index is -2.11. The van der Waals surface area contributed by atoms with Gasteiger partial charge in [0.1, 0.15) is 24.8 Å². The van der Waals surface area contributed by atoms with Crippen molar-refractivity contribution in [2.45, 2.75) is 77.1 Å². The molecule has 1 aromatic heterocycles. The second kappa shape index (κ2) is 10.6. The third kappa shape index (κ3) is 5.87. The predicted octanol–water partition coefficient (Wildman–Crippen LogP) is 2.86. The zero-order chi connectivity index (χ0) is 25.1. The van der Waals surface area contributed by atoms with E-state index in [1.807, 2.05) is 24.3 Å². The number of benzene rings is 1. The largest absolute Gasteiger partial charge is 0.497 e. The smallest absolute Gasteiger partial charge is 0.335 e. The fraction of sp³-hybridized carbons (Fsp3) is 0.583. The Bertz CT molecular complexity index is 1070. The molecule has 0 spiro atoms. The lowest BCUT2D eigenvalue weighted by atomic mass is 10.2. The van der Waals surface area contributed by atoms with Crippen molar-refractivity contribution in [2.24, 2.45) is 0 Å². The minimum absolute atomic E-state index is 0.00359. The molecular weight excluding hydrogens is 456 g/mol. The number of methoxy groups -OCH3 is 1. The molecule has 0 bridgehead atoms. The highest BCUT2D eigenvalue weighted by atomic mass is 28.4. The van der Waals surface area contributed by atoms with E-state index in [-0.39, 0.29) is 31.1 Å². The third-order valence-corrected chi connectivity index (χ3v) is 11.2. The van der Waals surface area contributed by atoms with Crippen LogP contribution in [0.25, 0.3) is 0 Å². The van der Waals surface area contributed by atoms with Gasteiger partial charge in [-0.25, -0.2) is 9.36 Å². The Labute approximate surface area is 201 Å². The molecule has 0 unspecified atom stereocenters. The van der Waals surface area contributed by atoms with Crippen molar-refractivity contribution in [3.63, 3.8) is 0 Å². The van der Waals surface area contributed by atoms with Crippen LogP contribution in [-0.2, 0) is 27.2 Å². The first-order valence-corrected chi connectivity index (χ1v) is 14.3. The third-order valence-electron chi connectivity index (χ3n) is 6.67. The van der Waals surface area contributed by atoms with Gasteiger partial charge in [0.05, 0.1) is 26.4 Å². The van der Waals surface area contributed by atoms with Crippen molar-refractivity contribution < 1.29 is 23.7 Å². The molecule has 1 aliphatic heterocycles. The van der Waals surface area contributed by atoms with Crippen molar-refractivity contribution >= 4 is 8.32 Å². The Morgan fingerprint density at radius 2 is 1.82 bits per heavy atom. The lowest BCUT2D eigenvalue weighted by Gasteiger charge is -2.39. The molecule has 10 heteroatoms. The van der Waals surface area contributed by atoms with Crippen LogP contribution in [0.1, 0.15) is 39.0 Å². The summed E-state index contributed by atoms with van der Waals surface area (Å²) < 4.78 is 25.6. The van der Waals surface area contributed by atoms with Crippen LogP contribution in [0.15, 0.2) is 46.1 Å². The molecule has 9 nitrogen and oxygen atoms in total. The first kappa shape index (κ1) is 26.4. The maximum Gasteiger partial charge on any atom is 0.335 e. The Balaban J connectivity index is 1.73. The van der Waals surface area contributed by atoms with Crippen molar-refractivity contribution in [1.29, 1.82) is 0 Å². The van der Waals surface area contributed by atoms with Crippen LogP contribution in [0.3, 0.4) is 0 Å². The molecule has 2 heterocycles. The maximum atomic E-state index is 13.1. The van der Waals surface area contributed by atoms with Crippen LogP contribution < -0.4 is 16.0 Å². The number of ether oxygens (including phenoxy) is 3. The van der Waals surface area contributed by atoms with Gasteiger partial charge in [0.15, 0.2) is 8.32 Å². The number of aliphatic hydroxyl groups excluding tert-OH is 1. The molecule has 34 heavy (non-hydrogen) atoms. The number of hydrogen-bond donors (Lipinski definition) is 1. The molecule has 0 aliphatic carbocycles. The molecule has 1 aromatic carbocycles. The molecule has 0 saturated carbocycles. The van der Waals surface area contributed by atoms with Crippen LogP contribution in [0.2, 0.25) is 18.1 Å². The van der Waals surface area contributed by atoms with Crippen molar-refractivity contribution in [3.05, 3.63) is 62.9 Å². The van der Waals surface area contributed by atoms with E-state index in [0.717, 1.165) is 15.9 Å². The highest BCUT2D eigenvalue weighted by Gasteiger charge is 2.45. The first-order chi connectivity index (χ1) is 16.0. The van der Waals surface area contributed by atoms with Crippen LogP contribution in [0.5, 0.6) is 5.75 Å². The van der Waals surface area contributed by atoms with Crippen molar-refractivity contribution in [3.8, 4) is 5.75 Å².